The topological polar surface area (TPSA) is 58.6 Å². The summed E-state index contributed by atoms with van der Waals surface area (Å²) in [5, 5.41) is 12.2. The van der Waals surface area contributed by atoms with Gasteiger partial charge in [0, 0.05) is 32.2 Å². The van der Waals surface area contributed by atoms with E-state index in [1.54, 1.807) is 0 Å². The number of aliphatic hydroxyl groups is 1. The van der Waals surface area contributed by atoms with Crippen LogP contribution in [0.15, 0.2) is 12.1 Å². The molecule has 0 spiro atoms. The van der Waals surface area contributed by atoms with E-state index < -0.39 is 29.0 Å². The fraction of sp³-hybridized carbons (Fsp3) is 0.462. The number of carbonyl (C=O) groups is 1. The number of rotatable bonds is 6. The molecule has 1 unspecified atom stereocenters. The Hall–Kier alpha value is -1.60. The number of hydrogen-bond donors (Lipinski definition) is 2. The molecule has 0 saturated heterocycles. The van der Waals surface area contributed by atoms with Gasteiger partial charge in [0.25, 0.3) is 5.91 Å². The normalized spacial score (nSPS) is 13.9. The van der Waals surface area contributed by atoms with Crippen LogP contribution in [0, 0.1) is 17.5 Å². The van der Waals surface area contributed by atoms with Crippen molar-refractivity contribution < 1.29 is 27.8 Å². The van der Waals surface area contributed by atoms with Crippen molar-refractivity contribution in [2.45, 2.75) is 18.9 Å². The van der Waals surface area contributed by atoms with Crippen LogP contribution in [0.3, 0.4) is 0 Å². The number of amides is 1. The van der Waals surface area contributed by atoms with E-state index in [1.807, 2.05) is 0 Å². The van der Waals surface area contributed by atoms with E-state index >= 15 is 0 Å². The van der Waals surface area contributed by atoms with Gasteiger partial charge in [0.2, 0.25) is 0 Å². The molecule has 1 rings (SSSR count). The number of carbonyl (C=O) groups excluding carboxylic acids is 1. The summed E-state index contributed by atoms with van der Waals surface area (Å²) < 4.78 is 43.5. The molecule has 0 aliphatic rings. The van der Waals surface area contributed by atoms with Crippen molar-refractivity contribution in [3.05, 3.63) is 35.1 Å². The fourth-order valence-corrected chi connectivity index (χ4v) is 1.47. The monoisotopic (exact) mass is 291 g/mol. The molecular weight excluding hydrogens is 275 g/mol. The SMILES string of the molecule is COCCC(C)(O)CNC(=O)c1cc(F)c(F)c(F)c1. The Kier molecular flexibility index (Phi) is 5.52. The van der Waals surface area contributed by atoms with Crippen LogP contribution in [0.5, 0.6) is 0 Å². The zero-order valence-electron chi connectivity index (χ0n) is 11.2. The molecule has 0 fully saturated rings. The maximum Gasteiger partial charge on any atom is 0.251 e. The molecule has 1 amide bonds. The van der Waals surface area contributed by atoms with Gasteiger partial charge in [0.15, 0.2) is 17.5 Å². The van der Waals surface area contributed by atoms with Crippen LogP contribution < -0.4 is 5.32 Å². The second-order valence-electron chi connectivity index (χ2n) is 4.68. The molecule has 0 aliphatic heterocycles. The van der Waals surface area contributed by atoms with E-state index in [0.29, 0.717) is 18.7 Å². The van der Waals surface area contributed by atoms with Gasteiger partial charge in [-0.05, 0) is 19.1 Å². The van der Waals surface area contributed by atoms with Crippen molar-refractivity contribution in [1.29, 1.82) is 0 Å². The minimum Gasteiger partial charge on any atom is -0.388 e. The van der Waals surface area contributed by atoms with Gasteiger partial charge < -0.3 is 15.2 Å². The summed E-state index contributed by atoms with van der Waals surface area (Å²) >= 11 is 0. The highest BCUT2D eigenvalue weighted by molar-refractivity contribution is 5.94. The summed E-state index contributed by atoms with van der Waals surface area (Å²) in [4.78, 5) is 11.7. The van der Waals surface area contributed by atoms with E-state index in [9.17, 15) is 23.1 Å². The highest BCUT2D eigenvalue weighted by atomic mass is 19.2. The lowest BCUT2D eigenvalue weighted by atomic mass is 10.0. The minimum absolute atomic E-state index is 0.129. The molecule has 20 heavy (non-hydrogen) atoms. The first-order chi connectivity index (χ1) is 9.26. The Morgan fingerprint density at radius 1 is 1.35 bits per heavy atom. The van der Waals surface area contributed by atoms with Crippen LogP contribution in [0.1, 0.15) is 23.7 Å². The number of hydrogen-bond acceptors (Lipinski definition) is 3. The van der Waals surface area contributed by atoms with Crippen LogP contribution >= 0.6 is 0 Å². The molecule has 7 heteroatoms. The van der Waals surface area contributed by atoms with Gasteiger partial charge in [-0.25, -0.2) is 13.2 Å². The first-order valence-electron chi connectivity index (χ1n) is 5.91. The zero-order chi connectivity index (χ0) is 15.3. The standard InChI is InChI=1S/C13H16F3NO3/c1-13(19,3-4-20-2)7-17-12(18)8-5-9(14)11(16)10(15)6-8/h5-6,19H,3-4,7H2,1-2H3,(H,17,18). The average molecular weight is 291 g/mol. The van der Waals surface area contributed by atoms with Crippen molar-refractivity contribution in [2.75, 3.05) is 20.3 Å². The highest BCUT2D eigenvalue weighted by Crippen LogP contribution is 2.14. The highest BCUT2D eigenvalue weighted by Gasteiger charge is 2.22. The predicted octanol–water partition coefficient (Wildman–Crippen LogP) is 1.62. The van der Waals surface area contributed by atoms with Crippen molar-refractivity contribution in [1.82, 2.24) is 5.32 Å². The minimum atomic E-state index is -1.63. The van der Waals surface area contributed by atoms with Gasteiger partial charge in [0.1, 0.15) is 0 Å². The van der Waals surface area contributed by atoms with E-state index in [0.717, 1.165) is 0 Å². The van der Waals surface area contributed by atoms with Crippen LogP contribution in [0.25, 0.3) is 0 Å². The predicted molar refractivity (Wildman–Crippen MR) is 65.8 cm³/mol. The summed E-state index contributed by atoms with van der Waals surface area (Å²) in [6, 6.07) is 1.19. The summed E-state index contributed by atoms with van der Waals surface area (Å²) in [5.74, 6) is -5.32. The van der Waals surface area contributed by atoms with E-state index in [1.165, 1.54) is 14.0 Å². The van der Waals surface area contributed by atoms with E-state index in [4.69, 9.17) is 4.74 Å². The van der Waals surface area contributed by atoms with Crippen molar-refractivity contribution >= 4 is 5.91 Å². The third-order valence-corrected chi connectivity index (χ3v) is 2.72. The van der Waals surface area contributed by atoms with Crippen LogP contribution in [-0.4, -0.2) is 36.9 Å². The number of nitrogens with one attached hydrogen (secondary N) is 1. The molecule has 1 atom stereocenters. The lowest BCUT2D eigenvalue weighted by molar-refractivity contribution is 0.0243. The Morgan fingerprint density at radius 3 is 2.40 bits per heavy atom. The molecule has 0 radical (unpaired) electrons. The molecule has 2 N–H and O–H groups in total. The number of halogens is 3. The molecule has 4 nitrogen and oxygen atoms in total. The Bertz CT molecular complexity index is 469. The van der Waals surface area contributed by atoms with Gasteiger partial charge in [0.05, 0.1) is 5.60 Å². The molecule has 0 aliphatic carbocycles. The lowest BCUT2D eigenvalue weighted by Gasteiger charge is -2.23. The molecule has 0 saturated carbocycles. The van der Waals surface area contributed by atoms with Crippen LogP contribution in [0.4, 0.5) is 13.2 Å². The second kappa shape index (κ2) is 6.71. The van der Waals surface area contributed by atoms with Crippen molar-refractivity contribution in [3.63, 3.8) is 0 Å². The van der Waals surface area contributed by atoms with Crippen molar-refractivity contribution in [3.8, 4) is 0 Å². The van der Waals surface area contributed by atoms with Crippen molar-refractivity contribution in [2.24, 2.45) is 0 Å². The number of ether oxygens (including phenoxy) is 1. The molecule has 1 aromatic carbocycles. The lowest BCUT2D eigenvalue weighted by Crippen LogP contribution is -2.41. The largest absolute Gasteiger partial charge is 0.388 e. The first-order valence-corrected chi connectivity index (χ1v) is 5.91. The summed E-state index contributed by atoms with van der Waals surface area (Å²) in [6.45, 7) is 1.65. The first kappa shape index (κ1) is 16.5. The third-order valence-electron chi connectivity index (χ3n) is 2.72. The zero-order valence-corrected chi connectivity index (χ0v) is 11.2. The van der Waals surface area contributed by atoms with E-state index in [-0.39, 0.29) is 18.5 Å². The number of methoxy groups -OCH3 is 1. The Morgan fingerprint density at radius 2 is 1.90 bits per heavy atom. The molecular formula is C13H16F3NO3. The van der Waals surface area contributed by atoms with Crippen LogP contribution in [-0.2, 0) is 4.74 Å². The molecule has 1 aromatic rings. The van der Waals surface area contributed by atoms with Gasteiger partial charge in [-0.1, -0.05) is 0 Å². The number of benzene rings is 1. The maximum atomic E-state index is 13.0. The summed E-state index contributed by atoms with van der Waals surface area (Å²) in [7, 11) is 1.47. The van der Waals surface area contributed by atoms with Gasteiger partial charge in [-0.15, -0.1) is 0 Å². The third kappa shape index (κ3) is 4.50. The molecule has 112 valence electrons. The average Bonchev–Trinajstić information content (AvgIpc) is 2.39. The quantitative estimate of drug-likeness (QED) is 0.783. The van der Waals surface area contributed by atoms with Gasteiger partial charge >= 0.3 is 0 Å². The smallest absolute Gasteiger partial charge is 0.251 e. The summed E-state index contributed by atoms with van der Waals surface area (Å²) in [5.41, 5.74) is -1.58. The molecule has 0 bridgehead atoms. The Balaban J connectivity index is 2.68. The van der Waals surface area contributed by atoms with E-state index in [2.05, 4.69) is 5.32 Å². The maximum absolute atomic E-state index is 13.0. The fourth-order valence-electron chi connectivity index (χ4n) is 1.47. The summed E-state index contributed by atoms with van der Waals surface area (Å²) in [6.07, 6.45) is 0.274. The van der Waals surface area contributed by atoms with Gasteiger partial charge in [-0.3, -0.25) is 4.79 Å². The molecule has 0 heterocycles. The Labute approximate surface area is 114 Å². The molecule has 0 aromatic heterocycles. The second-order valence-corrected chi connectivity index (χ2v) is 4.68. The van der Waals surface area contributed by atoms with Gasteiger partial charge in [-0.2, -0.15) is 0 Å². The van der Waals surface area contributed by atoms with Crippen LogP contribution in [0.2, 0.25) is 0 Å².